The lowest BCUT2D eigenvalue weighted by atomic mass is 9.89. The standard InChI is InChI=1S/C17H22F2N2O.ClH/c1-10(17-14(18)3-2-4-15(17)19)20-16(22)9-11-7-12-5-6-13(8-11)21-12;/h2-4,10-13,21H,5-9H2,1H3,(H,20,22);1H. The maximum Gasteiger partial charge on any atom is 0.220 e. The minimum atomic E-state index is -0.660. The Morgan fingerprint density at radius 1 is 1.26 bits per heavy atom. The average Bonchev–Trinajstić information content (AvgIpc) is 2.77. The van der Waals surface area contributed by atoms with Crippen LogP contribution in [0.5, 0.6) is 0 Å². The molecule has 6 heteroatoms. The maximum atomic E-state index is 13.7. The van der Waals surface area contributed by atoms with E-state index in [2.05, 4.69) is 10.6 Å². The number of carbonyl (C=O) groups excluding carboxylic acids is 1. The van der Waals surface area contributed by atoms with Crippen LogP contribution >= 0.6 is 12.4 Å². The molecule has 3 unspecified atom stereocenters. The van der Waals surface area contributed by atoms with Gasteiger partial charge in [0.05, 0.1) is 6.04 Å². The molecule has 1 aromatic carbocycles. The number of nitrogens with one attached hydrogen (secondary N) is 2. The number of rotatable bonds is 4. The van der Waals surface area contributed by atoms with Crippen molar-refractivity contribution in [3.63, 3.8) is 0 Å². The molecule has 1 aromatic rings. The summed E-state index contributed by atoms with van der Waals surface area (Å²) in [5, 5.41) is 6.28. The lowest BCUT2D eigenvalue weighted by molar-refractivity contribution is -0.122. The molecule has 23 heavy (non-hydrogen) atoms. The summed E-state index contributed by atoms with van der Waals surface area (Å²) >= 11 is 0. The van der Waals surface area contributed by atoms with E-state index in [-0.39, 0.29) is 23.9 Å². The molecule has 3 atom stereocenters. The zero-order valence-electron chi connectivity index (χ0n) is 13.1. The summed E-state index contributed by atoms with van der Waals surface area (Å²) in [6, 6.07) is 4.17. The van der Waals surface area contributed by atoms with Crippen LogP contribution in [0.4, 0.5) is 8.78 Å². The van der Waals surface area contributed by atoms with E-state index in [1.54, 1.807) is 6.92 Å². The predicted octanol–water partition coefficient (Wildman–Crippen LogP) is 3.48. The summed E-state index contributed by atoms with van der Waals surface area (Å²) in [4.78, 5) is 12.2. The van der Waals surface area contributed by atoms with Crippen molar-refractivity contribution in [3.05, 3.63) is 35.4 Å². The van der Waals surface area contributed by atoms with Gasteiger partial charge < -0.3 is 10.6 Å². The van der Waals surface area contributed by atoms with Crippen molar-refractivity contribution in [1.82, 2.24) is 10.6 Å². The van der Waals surface area contributed by atoms with Crippen molar-refractivity contribution in [2.45, 2.75) is 57.2 Å². The lowest BCUT2D eigenvalue weighted by Gasteiger charge is -2.29. The summed E-state index contributed by atoms with van der Waals surface area (Å²) in [5.41, 5.74) is -0.0683. The molecule has 1 amide bonds. The molecular formula is C17H23ClF2N2O. The molecule has 2 bridgehead atoms. The van der Waals surface area contributed by atoms with Gasteiger partial charge in [-0.3, -0.25) is 4.79 Å². The Hall–Kier alpha value is -1.20. The van der Waals surface area contributed by atoms with Gasteiger partial charge in [-0.15, -0.1) is 12.4 Å². The fourth-order valence-corrected chi connectivity index (χ4v) is 3.90. The van der Waals surface area contributed by atoms with Crippen LogP contribution in [0.25, 0.3) is 0 Å². The smallest absolute Gasteiger partial charge is 0.220 e. The Bertz CT molecular complexity index is 537. The normalized spacial score (nSPS) is 27.2. The number of hydrogen-bond acceptors (Lipinski definition) is 2. The molecule has 0 aliphatic carbocycles. The van der Waals surface area contributed by atoms with Crippen molar-refractivity contribution in [1.29, 1.82) is 0 Å². The molecule has 2 fully saturated rings. The zero-order valence-corrected chi connectivity index (χ0v) is 14.0. The van der Waals surface area contributed by atoms with E-state index in [1.165, 1.54) is 31.0 Å². The molecule has 128 valence electrons. The number of amides is 1. The summed E-state index contributed by atoms with van der Waals surface area (Å²) in [6.07, 6.45) is 4.87. The predicted molar refractivity (Wildman–Crippen MR) is 87.5 cm³/mol. The Morgan fingerprint density at radius 3 is 2.39 bits per heavy atom. The summed E-state index contributed by atoms with van der Waals surface area (Å²) in [7, 11) is 0. The SMILES string of the molecule is CC(NC(=O)CC1CC2CCC(C1)N2)c1c(F)cccc1F.Cl. The second-order valence-corrected chi connectivity index (χ2v) is 6.60. The highest BCUT2D eigenvalue weighted by Crippen LogP contribution is 2.32. The second-order valence-electron chi connectivity index (χ2n) is 6.60. The first-order chi connectivity index (χ1) is 10.5. The van der Waals surface area contributed by atoms with Gasteiger partial charge in [0.25, 0.3) is 0 Å². The molecule has 3 rings (SSSR count). The molecule has 2 N–H and O–H groups in total. The van der Waals surface area contributed by atoms with Crippen LogP contribution in [-0.4, -0.2) is 18.0 Å². The number of hydrogen-bond donors (Lipinski definition) is 2. The molecule has 0 radical (unpaired) electrons. The van der Waals surface area contributed by atoms with E-state index in [9.17, 15) is 13.6 Å². The Labute approximate surface area is 141 Å². The minimum Gasteiger partial charge on any atom is -0.349 e. The van der Waals surface area contributed by atoms with E-state index in [1.807, 2.05) is 0 Å². The van der Waals surface area contributed by atoms with Gasteiger partial charge in [0, 0.05) is 24.1 Å². The topological polar surface area (TPSA) is 41.1 Å². The summed E-state index contributed by atoms with van der Waals surface area (Å²) < 4.78 is 27.4. The third-order valence-electron chi connectivity index (χ3n) is 4.85. The summed E-state index contributed by atoms with van der Waals surface area (Å²) in [5.74, 6) is -0.988. The quantitative estimate of drug-likeness (QED) is 0.878. The van der Waals surface area contributed by atoms with Crippen LogP contribution in [0.2, 0.25) is 0 Å². The van der Waals surface area contributed by atoms with Gasteiger partial charge >= 0.3 is 0 Å². The van der Waals surface area contributed by atoms with Crippen molar-refractivity contribution < 1.29 is 13.6 Å². The zero-order chi connectivity index (χ0) is 15.7. The van der Waals surface area contributed by atoms with E-state index < -0.39 is 17.7 Å². The van der Waals surface area contributed by atoms with Crippen molar-refractivity contribution >= 4 is 18.3 Å². The molecule has 0 saturated carbocycles. The van der Waals surface area contributed by atoms with Crippen LogP contribution < -0.4 is 10.6 Å². The fraction of sp³-hybridized carbons (Fsp3) is 0.588. The number of fused-ring (bicyclic) bond motifs is 2. The summed E-state index contributed by atoms with van der Waals surface area (Å²) in [6.45, 7) is 1.62. The highest BCUT2D eigenvalue weighted by Gasteiger charge is 2.34. The first-order valence-electron chi connectivity index (χ1n) is 8.02. The molecule has 0 aromatic heterocycles. The third-order valence-corrected chi connectivity index (χ3v) is 4.85. The van der Waals surface area contributed by atoms with E-state index in [0.29, 0.717) is 24.4 Å². The number of carbonyl (C=O) groups is 1. The first kappa shape index (κ1) is 18.1. The van der Waals surface area contributed by atoms with E-state index in [4.69, 9.17) is 0 Å². The van der Waals surface area contributed by atoms with Gasteiger partial charge in [0.2, 0.25) is 5.91 Å². The lowest BCUT2D eigenvalue weighted by Crippen LogP contribution is -2.40. The number of halogens is 3. The van der Waals surface area contributed by atoms with Crippen LogP contribution in [0, 0.1) is 17.6 Å². The van der Waals surface area contributed by atoms with Gasteiger partial charge in [-0.25, -0.2) is 8.78 Å². The minimum absolute atomic E-state index is 0. The van der Waals surface area contributed by atoms with Gasteiger partial charge in [0.15, 0.2) is 0 Å². The molecule has 0 spiro atoms. The van der Waals surface area contributed by atoms with Crippen molar-refractivity contribution in [2.75, 3.05) is 0 Å². The van der Waals surface area contributed by atoms with Crippen molar-refractivity contribution in [3.8, 4) is 0 Å². The Kier molecular flexibility index (Phi) is 5.98. The van der Waals surface area contributed by atoms with Gasteiger partial charge in [0.1, 0.15) is 11.6 Å². The number of benzene rings is 1. The molecular weight excluding hydrogens is 322 g/mol. The molecule has 2 aliphatic rings. The number of piperidine rings is 1. The average molecular weight is 345 g/mol. The Morgan fingerprint density at radius 2 is 1.83 bits per heavy atom. The van der Waals surface area contributed by atoms with Crippen LogP contribution in [-0.2, 0) is 4.79 Å². The van der Waals surface area contributed by atoms with Crippen molar-refractivity contribution in [2.24, 2.45) is 5.92 Å². The molecule has 2 aliphatic heterocycles. The Balaban J connectivity index is 0.00000192. The largest absolute Gasteiger partial charge is 0.349 e. The van der Waals surface area contributed by atoms with Gasteiger partial charge in [-0.1, -0.05) is 6.07 Å². The molecule has 2 heterocycles. The van der Waals surface area contributed by atoms with E-state index in [0.717, 1.165) is 12.8 Å². The third kappa shape index (κ3) is 4.21. The first-order valence-corrected chi connectivity index (χ1v) is 8.02. The van der Waals surface area contributed by atoms with Gasteiger partial charge in [-0.2, -0.15) is 0 Å². The van der Waals surface area contributed by atoms with E-state index >= 15 is 0 Å². The second kappa shape index (κ2) is 7.58. The molecule has 2 saturated heterocycles. The molecule has 3 nitrogen and oxygen atoms in total. The maximum absolute atomic E-state index is 13.7. The van der Waals surface area contributed by atoms with Gasteiger partial charge in [-0.05, 0) is 50.7 Å². The highest BCUT2D eigenvalue weighted by molar-refractivity contribution is 5.85. The van der Waals surface area contributed by atoms with Crippen LogP contribution in [0.15, 0.2) is 18.2 Å². The highest BCUT2D eigenvalue weighted by atomic mass is 35.5. The monoisotopic (exact) mass is 344 g/mol. The van der Waals surface area contributed by atoms with Crippen LogP contribution in [0.3, 0.4) is 0 Å². The van der Waals surface area contributed by atoms with Crippen LogP contribution in [0.1, 0.15) is 50.6 Å². The fourth-order valence-electron chi connectivity index (χ4n) is 3.90.